The zero-order valence-electron chi connectivity index (χ0n) is 16.6. The molecular weight excluding hydrogens is 376 g/mol. The summed E-state index contributed by atoms with van der Waals surface area (Å²) in [7, 11) is -3.75. The van der Waals surface area contributed by atoms with Gasteiger partial charge < -0.3 is 0 Å². The Labute approximate surface area is 165 Å². The van der Waals surface area contributed by atoms with E-state index < -0.39 is 10.0 Å². The predicted octanol–water partition coefficient (Wildman–Crippen LogP) is 3.18. The van der Waals surface area contributed by atoms with Crippen molar-refractivity contribution in [2.75, 3.05) is 4.72 Å². The summed E-state index contributed by atoms with van der Waals surface area (Å²) in [5, 5.41) is 12.1. The van der Waals surface area contributed by atoms with Gasteiger partial charge in [-0.3, -0.25) is 14.0 Å². The molecule has 8 nitrogen and oxygen atoms in total. The highest BCUT2D eigenvalue weighted by Gasteiger charge is 2.22. The van der Waals surface area contributed by atoms with Crippen molar-refractivity contribution in [1.82, 2.24) is 24.5 Å². The number of aryl methyl sites for hydroxylation is 1. The van der Waals surface area contributed by atoms with E-state index >= 15 is 0 Å². The maximum Gasteiger partial charge on any atom is 0.262 e. The molecular formula is C19H26N6O2S. The molecule has 0 aliphatic heterocycles. The van der Waals surface area contributed by atoms with Gasteiger partial charge in [-0.15, -0.1) is 10.2 Å². The van der Waals surface area contributed by atoms with E-state index in [1.54, 1.807) is 21.4 Å². The summed E-state index contributed by atoms with van der Waals surface area (Å²) < 4.78 is 32.1. The average molecular weight is 403 g/mol. The van der Waals surface area contributed by atoms with Gasteiger partial charge in [0.1, 0.15) is 18.3 Å². The van der Waals surface area contributed by atoms with Crippen molar-refractivity contribution in [3.63, 3.8) is 0 Å². The maximum absolute atomic E-state index is 13.0. The van der Waals surface area contributed by atoms with Gasteiger partial charge in [0.05, 0.1) is 10.6 Å². The van der Waals surface area contributed by atoms with Crippen LogP contribution >= 0.6 is 0 Å². The number of sulfonamides is 1. The van der Waals surface area contributed by atoms with Gasteiger partial charge in [-0.05, 0) is 43.4 Å². The minimum atomic E-state index is -3.75. The van der Waals surface area contributed by atoms with Crippen LogP contribution in [-0.4, -0.2) is 33.0 Å². The summed E-state index contributed by atoms with van der Waals surface area (Å²) in [4.78, 5) is 0.220. The summed E-state index contributed by atoms with van der Waals surface area (Å²) in [5.74, 6) is 0.968. The molecule has 0 fully saturated rings. The molecule has 1 aromatic carbocycles. The maximum atomic E-state index is 13.0. The molecule has 28 heavy (non-hydrogen) atoms. The molecule has 2 heterocycles. The quantitative estimate of drug-likeness (QED) is 0.624. The first-order chi connectivity index (χ1) is 13.3. The van der Waals surface area contributed by atoms with Crippen LogP contribution in [0.3, 0.4) is 0 Å². The third-order valence-corrected chi connectivity index (χ3v) is 5.77. The summed E-state index contributed by atoms with van der Waals surface area (Å²) in [6.07, 6.45) is 4.79. The average Bonchev–Trinajstić information content (AvgIpc) is 3.26. The van der Waals surface area contributed by atoms with Crippen molar-refractivity contribution in [2.24, 2.45) is 5.92 Å². The largest absolute Gasteiger partial charge is 0.274 e. The van der Waals surface area contributed by atoms with E-state index in [2.05, 4.69) is 33.9 Å². The Hall–Kier alpha value is -2.68. The van der Waals surface area contributed by atoms with Crippen LogP contribution in [0.4, 0.5) is 5.69 Å². The molecule has 0 radical (unpaired) electrons. The molecule has 3 rings (SSSR count). The lowest BCUT2D eigenvalue weighted by Crippen LogP contribution is -2.15. The van der Waals surface area contributed by atoms with Crippen molar-refractivity contribution in [3.05, 3.63) is 48.2 Å². The molecule has 0 spiro atoms. The number of aromatic nitrogens is 5. The second-order valence-corrected chi connectivity index (χ2v) is 8.91. The van der Waals surface area contributed by atoms with E-state index in [0.29, 0.717) is 24.0 Å². The lowest BCUT2D eigenvalue weighted by molar-refractivity contribution is 0.583. The van der Waals surface area contributed by atoms with Crippen LogP contribution in [0.2, 0.25) is 0 Å². The van der Waals surface area contributed by atoms with E-state index in [9.17, 15) is 8.42 Å². The Kier molecular flexibility index (Phi) is 5.83. The fourth-order valence-electron chi connectivity index (χ4n) is 3.04. The molecule has 0 unspecified atom stereocenters. The van der Waals surface area contributed by atoms with Crippen LogP contribution < -0.4 is 4.72 Å². The zero-order chi connectivity index (χ0) is 20.3. The number of nitrogens with one attached hydrogen (secondary N) is 1. The highest BCUT2D eigenvalue weighted by Crippen LogP contribution is 2.27. The Morgan fingerprint density at radius 2 is 1.75 bits per heavy atom. The third kappa shape index (κ3) is 4.24. The number of anilines is 1. The number of nitrogens with zero attached hydrogens (tertiary/aromatic N) is 5. The Morgan fingerprint density at radius 3 is 2.32 bits per heavy atom. The topological polar surface area (TPSA) is 94.7 Å². The molecule has 0 atom stereocenters. The minimum absolute atomic E-state index is 0.220. The molecule has 1 N–H and O–H groups in total. The van der Waals surface area contributed by atoms with Crippen molar-refractivity contribution < 1.29 is 8.42 Å². The van der Waals surface area contributed by atoms with E-state index in [0.717, 1.165) is 24.1 Å². The van der Waals surface area contributed by atoms with Crippen molar-refractivity contribution in [3.8, 4) is 5.82 Å². The van der Waals surface area contributed by atoms with Crippen LogP contribution in [0.1, 0.15) is 38.4 Å². The van der Waals surface area contributed by atoms with Gasteiger partial charge in [0.25, 0.3) is 10.0 Å². The Balaban J connectivity index is 1.95. The number of hydrogen-bond acceptors (Lipinski definition) is 5. The lowest BCUT2D eigenvalue weighted by Gasteiger charge is -2.11. The minimum Gasteiger partial charge on any atom is -0.274 e. The third-order valence-electron chi connectivity index (χ3n) is 4.40. The zero-order valence-corrected chi connectivity index (χ0v) is 17.4. The number of rotatable bonds is 8. The smallest absolute Gasteiger partial charge is 0.262 e. The van der Waals surface area contributed by atoms with E-state index in [1.807, 2.05) is 26.0 Å². The molecule has 0 bridgehead atoms. The molecule has 2 aromatic heterocycles. The summed E-state index contributed by atoms with van der Waals surface area (Å²) in [5.41, 5.74) is 2.29. The molecule has 0 aliphatic rings. The van der Waals surface area contributed by atoms with Crippen LogP contribution in [0.5, 0.6) is 0 Å². The first-order valence-electron chi connectivity index (χ1n) is 9.36. The van der Waals surface area contributed by atoms with E-state index in [1.165, 1.54) is 12.7 Å². The molecule has 0 aliphatic carbocycles. The first-order valence-corrected chi connectivity index (χ1v) is 10.8. The van der Waals surface area contributed by atoms with Crippen LogP contribution in [0, 0.1) is 12.8 Å². The summed E-state index contributed by atoms with van der Waals surface area (Å²) in [6, 6.07) is 7.01. The Morgan fingerprint density at radius 1 is 1.11 bits per heavy atom. The fourth-order valence-corrected chi connectivity index (χ4v) is 4.16. The van der Waals surface area contributed by atoms with Gasteiger partial charge in [-0.1, -0.05) is 32.9 Å². The normalized spacial score (nSPS) is 11.9. The van der Waals surface area contributed by atoms with Crippen molar-refractivity contribution in [2.45, 2.75) is 52.0 Å². The monoisotopic (exact) mass is 402 g/mol. The number of hydrogen-bond donors (Lipinski definition) is 1. The lowest BCUT2D eigenvalue weighted by atomic mass is 10.0. The van der Waals surface area contributed by atoms with E-state index in [-0.39, 0.29) is 4.90 Å². The van der Waals surface area contributed by atoms with Gasteiger partial charge in [0, 0.05) is 6.54 Å². The van der Waals surface area contributed by atoms with Gasteiger partial charge in [0.15, 0.2) is 5.82 Å². The Bertz CT molecular complexity index is 1020. The molecule has 0 amide bonds. The molecule has 9 heteroatoms. The summed E-state index contributed by atoms with van der Waals surface area (Å²) in [6.45, 7) is 8.85. The van der Waals surface area contributed by atoms with Crippen molar-refractivity contribution in [1.29, 1.82) is 0 Å². The fraction of sp³-hybridized carbons (Fsp3) is 0.421. The summed E-state index contributed by atoms with van der Waals surface area (Å²) >= 11 is 0. The van der Waals surface area contributed by atoms with Crippen LogP contribution in [0.15, 0.2) is 41.8 Å². The second-order valence-electron chi connectivity index (χ2n) is 7.22. The highest BCUT2D eigenvalue weighted by molar-refractivity contribution is 7.92. The SMILES string of the molecule is CCCn1nc(-n2cnnc2)c(NS(=O)(=O)c2ccc(CC(C)C)cc2)c1C. The number of benzene rings is 1. The molecule has 3 aromatic rings. The molecule has 0 saturated heterocycles. The molecule has 0 saturated carbocycles. The van der Waals surface area contributed by atoms with Gasteiger partial charge >= 0.3 is 0 Å². The first kappa shape index (κ1) is 20.1. The van der Waals surface area contributed by atoms with Crippen molar-refractivity contribution >= 4 is 15.7 Å². The molecule has 150 valence electrons. The standard InChI is InChI=1S/C19H26N6O2S/c1-5-10-25-15(4)18(19(22-25)24-12-20-21-13-24)23-28(26,27)17-8-6-16(7-9-17)11-14(2)3/h6-9,12-14,23H,5,10-11H2,1-4H3. The van der Waals surface area contributed by atoms with Crippen LogP contribution in [-0.2, 0) is 23.0 Å². The second kappa shape index (κ2) is 8.14. The highest BCUT2D eigenvalue weighted by atomic mass is 32.2. The van der Waals surface area contributed by atoms with Gasteiger partial charge in [-0.2, -0.15) is 5.10 Å². The van der Waals surface area contributed by atoms with Gasteiger partial charge in [-0.25, -0.2) is 8.42 Å². The van der Waals surface area contributed by atoms with Crippen LogP contribution in [0.25, 0.3) is 5.82 Å². The van der Waals surface area contributed by atoms with Gasteiger partial charge in [0.2, 0.25) is 0 Å². The predicted molar refractivity (Wildman–Crippen MR) is 108 cm³/mol. The van der Waals surface area contributed by atoms with E-state index in [4.69, 9.17) is 0 Å².